The molecule has 158 valence electrons. The van der Waals surface area contributed by atoms with Gasteiger partial charge < -0.3 is 5.32 Å². The molecule has 0 aliphatic rings. The topological polar surface area (TPSA) is 88.2 Å². The molecule has 0 aliphatic heterocycles. The number of halogens is 1. The number of amides is 1. The predicted octanol–water partition coefficient (Wildman–Crippen LogP) is 4.59. The number of nitrogens with zero attached hydrogens (tertiary/aromatic N) is 1. The van der Waals surface area contributed by atoms with Gasteiger partial charge in [-0.3, -0.25) is 9.52 Å². The Balaban J connectivity index is 1.66. The van der Waals surface area contributed by atoms with Gasteiger partial charge in [0.15, 0.2) is 0 Å². The van der Waals surface area contributed by atoms with Crippen molar-refractivity contribution in [2.75, 3.05) is 15.8 Å². The number of carbonyl (C=O) groups excluding carboxylic acids is 1. The van der Waals surface area contributed by atoms with Gasteiger partial charge in [0.25, 0.3) is 5.91 Å². The van der Waals surface area contributed by atoms with Crippen LogP contribution in [0.15, 0.2) is 48.5 Å². The van der Waals surface area contributed by atoms with Crippen molar-refractivity contribution in [1.29, 1.82) is 0 Å². The zero-order valence-electron chi connectivity index (χ0n) is 16.6. The van der Waals surface area contributed by atoms with E-state index in [1.54, 1.807) is 50.2 Å². The summed E-state index contributed by atoms with van der Waals surface area (Å²) in [6, 6.07) is 12.7. The molecular formula is C21H22FN3O3S2. The third kappa shape index (κ3) is 5.87. The average molecular weight is 448 g/mol. The number of sulfonamides is 1. The number of benzene rings is 2. The molecule has 0 radical (unpaired) electrons. The molecule has 1 heterocycles. The summed E-state index contributed by atoms with van der Waals surface area (Å²) in [7, 11) is -3.36. The standard InChI is InChI=1S/C21H22FN3O3S2/c1-3-12-30(27,28)25-18-10-8-17(9-11-18)24-21(26)20-14(2)23-19(29-20)13-15-4-6-16(22)7-5-15/h4-11,25H,3,12-13H2,1-2H3,(H,24,26). The fraction of sp³-hybridized carbons (Fsp3) is 0.238. The van der Waals surface area contributed by atoms with E-state index in [-0.39, 0.29) is 17.5 Å². The number of hydrogen-bond donors (Lipinski definition) is 2. The van der Waals surface area contributed by atoms with Gasteiger partial charge in [-0.2, -0.15) is 0 Å². The summed E-state index contributed by atoms with van der Waals surface area (Å²) in [6.07, 6.45) is 1.05. The van der Waals surface area contributed by atoms with Gasteiger partial charge >= 0.3 is 0 Å². The highest BCUT2D eigenvalue weighted by atomic mass is 32.2. The van der Waals surface area contributed by atoms with Gasteiger partial charge in [0.2, 0.25) is 10.0 Å². The molecule has 0 unspecified atom stereocenters. The van der Waals surface area contributed by atoms with Crippen LogP contribution in [0.4, 0.5) is 15.8 Å². The highest BCUT2D eigenvalue weighted by molar-refractivity contribution is 7.92. The molecule has 0 fully saturated rings. The summed E-state index contributed by atoms with van der Waals surface area (Å²) in [5.41, 5.74) is 2.53. The van der Waals surface area contributed by atoms with Crippen molar-refractivity contribution in [2.24, 2.45) is 0 Å². The van der Waals surface area contributed by atoms with Crippen molar-refractivity contribution in [3.05, 3.63) is 75.5 Å². The van der Waals surface area contributed by atoms with Crippen LogP contribution < -0.4 is 10.0 Å². The van der Waals surface area contributed by atoms with Crippen molar-refractivity contribution in [3.63, 3.8) is 0 Å². The molecule has 0 aliphatic carbocycles. The van der Waals surface area contributed by atoms with Gasteiger partial charge in [-0.15, -0.1) is 11.3 Å². The zero-order valence-corrected chi connectivity index (χ0v) is 18.2. The molecule has 0 saturated heterocycles. The Bertz CT molecular complexity index is 1130. The van der Waals surface area contributed by atoms with Crippen molar-refractivity contribution >= 4 is 38.6 Å². The van der Waals surface area contributed by atoms with Crippen molar-refractivity contribution < 1.29 is 17.6 Å². The summed E-state index contributed by atoms with van der Waals surface area (Å²) in [5, 5.41) is 3.57. The van der Waals surface area contributed by atoms with E-state index in [1.807, 2.05) is 0 Å². The third-order valence-corrected chi connectivity index (χ3v) is 6.85. The summed E-state index contributed by atoms with van der Waals surface area (Å²) < 4.78 is 39.2. The van der Waals surface area contributed by atoms with Gasteiger partial charge in [-0.25, -0.2) is 17.8 Å². The molecule has 2 N–H and O–H groups in total. The van der Waals surface area contributed by atoms with Crippen LogP contribution in [0.2, 0.25) is 0 Å². The lowest BCUT2D eigenvalue weighted by Crippen LogP contribution is -2.16. The van der Waals surface area contributed by atoms with Gasteiger partial charge in [0, 0.05) is 17.8 Å². The number of anilines is 2. The second kappa shape index (κ2) is 9.36. The summed E-state index contributed by atoms with van der Waals surface area (Å²) in [4.78, 5) is 17.6. The number of rotatable bonds is 8. The molecule has 0 saturated carbocycles. The Morgan fingerprint density at radius 2 is 1.70 bits per heavy atom. The second-order valence-corrected chi connectivity index (χ2v) is 9.70. The van der Waals surface area contributed by atoms with Crippen LogP contribution in [0.1, 0.15) is 39.3 Å². The first-order valence-electron chi connectivity index (χ1n) is 9.38. The van der Waals surface area contributed by atoms with Crippen LogP contribution in [-0.4, -0.2) is 25.1 Å². The quantitative estimate of drug-likeness (QED) is 0.529. The van der Waals surface area contributed by atoms with E-state index in [9.17, 15) is 17.6 Å². The molecule has 3 aromatic rings. The molecule has 0 atom stereocenters. The van der Waals surface area contributed by atoms with Gasteiger partial charge in [0.1, 0.15) is 10.7 Å². The van der Waals surface area contributed by atoms with Crippen LogP contribution in [0, 0.1) is 12.7 Å². The summed E-state index contributed by atoms with van der Waals surface area (Å²) in [5.74, 6) is -0.524. The van der Waals surface area contributed by atoms with E-state index in [0.29, 0.717) is 34.8 Å². The van der Waals surface area contributed by atoms with Crippen LogP contribution in [0.25, 0.3) is 0 Å². The van der Waals surface area contributed by atoms with E-state index >= 15 is 0 Å². The molecule has 30 heavy (non-hydrogen) atoms. The van der Waals surface area contributed by atoms with E-state index in [4.69, 9.17) is 0 Å². The highest BCUT2D eigenvalue weighted by Crippen LogP contribution is 2.23. The third-order valence-electron chi connectivity index (χ3n) is 4.20. The number of aryl methyl sites for hydroxylation is 1. The first kappa shape index (κ1) is 21.9. The molecule has 0 bridgehead atoms. The Kier molecular flexibility index (Phi) is 6.84. The number of nitrogens with one attached hydrogen (secondary N) is 2. The molecule has 0 spiro atoms. The fourth-order valence-electron chi connectivity index (χ4n) is 2.82. The molecule has 2 aromatic carbocycles. The fourth-order valence-corrected chi connectivity index (χ4v) is 4.95. The first-order valence-corrected chi connectivity index (χ1v) is 11.9. The number of hydrogen-bond acceptors (Lipinski definition) is 5. The first-order chi connectivity index (χ1) is 14.3. The maximum atomic E-state index is 13.0. The molecule has 3 rings (SSSR count). The van der Waals surface area contributed by atoms with Gasteiger partial charge in [0.05, 0.1) is 16.5 Å². The maximum Gasteiger partial charge on any atom is 0.267 e. The van der Waals surface area contributed by atoms with E-state index in [0.717, 1.165) is 10.6 Å². The SMILES string of the molecule is CCCS(=O)(=O)Nc1ccc(NC(=O)c2sc(Cc3ccc(F)cc3)nc2C)cc1. The van der Waals surface area contributed by atoms with Crippen LogP contribution in [0.3, 0.4) is 0 Å². The van der Waals surface area contributed by atoms with Crippen molar-refractivity contribution in [1.82, 2.24) is 4.98 Å². The van der Waals surface area contributed by atoms with E-state index in [1.165, 1.54) is 23.5 Å². The van der Waals surface area contributed by atoms with Crippen LogP contribution >= 0.6 is 11.3 Å². The lowest BCUT2D eigenvalue weighted by atomic mass is 10.1. The molecule has 9 heteroatoms. The number of aromatic nitrogens is 1. The van der Waals surface area contributed by atoms with Crippen LogP contribution in [0.5, 0.6) is 0 Å². The normalized spacial score (nSPS) is 11.3. The minimum atomic E-state index is -3.36. The molecule has 1 aromatic heterocycles. The van der Waals surface area contributed by atoms with Gasteiger partial charge in [-0.05, 0) is 55.3 Å². The van der Waals surface area contributed by atoms with Crippen molar-refractivity contribution in [3.8, 4) is 0 Å². The second-order valence-electron chi connectivity index (χ2n) is 6.78. The minimum absolute atomic E-state index is 0.0520. The largest absolute Gasteiger partial charge is 0.321 e. The zero-order chi connectivity index (χ0) is 21.7. The minimum Gasteiger partial charge on any atom is -0.321 e. The lowest BCUT2D eigenvalue weighted by molar-refractivity contribution is 0.103. The smallest absolute Gasteiger partial charge is 0.267 e. The maximum absolute atomic E-state index is 13.0. The van der Waals surface area contributed by atoms with Crippen LogP contribution in [-0.2, 0) is 16.4 Å². The number of thiazole rings is 1. The Labute approximate surface area is 179 Å². The van der Waals surface area contributed by atoms with E-state index in [2.05, 4.69) is 15.0 Å². The highest BCUT2D eigenvalue weighted by Gasteiger charge is 2.16. The Morgan fingerprint density at radius 1 is 1.07 bits per heavy atom. The van der Waals surface area contributed by atoms with E-state index < -0.39 is 10.0 Å². The average Bonchev–Trinajstić information content (AvgIpc) is 3.05. The lowest BCUT2D eigenvalue weighted by Gasteiger charge is -2.08. The van der Waals surface area contributed by atoms with Gasteiger partial charge in [-0.1, -0.05) is 19.1 Å². The van der Waals surface area contributed by atoms with Crippen molar-refractivity contribution in [2.45, 2.75) is 26.7 Å². The Morgan fingerprint density at radius 3 is 2.33 bits per heavy atom. The number of carbonyl (C=O) groups is 1. The molecule has 6 nitrogen and oxygen atoms in total. The predicted molar refractivity (Wildman–Crippen MR) is 118 cm³/mol. The summed E-state index contributed by atoms with van der Waals surface area (Å²) in [6.45, 7) is 3.57. The monoisotopic (exact) mass is 447 g/mol. The summed E-state index contributed by atoms with van der Waals surface area (Å²) >= 11 is 1.29. The Hall–Kier alpha value is -2.78. The molecule has 1 amide bonds. The molecular weight excluding hydrogens is 425 g/mol.